The Hall–Kier alpha value is -3.21. The molecule has 1 unspecified atom stereocenters. The van der Waals surface area contributed by atoms with Crippen LogP contribution in [-0.4, -0.2) is 29.3 Å². The van der Waals surface area contributed by atoms with Gasteiger partial charge in [0.2, 0.25) is 6.39 Å². The molecule has 3 N–H and O–H groups in total. The Labute approximate surface area is 145 Å². The van der Waals surface area contributed by atoms with Gasteiger partial charge in [-0.05, 0) is 31.2 Å². The molecule has 0 radical (unpaired) electrons. The van der Waals surface area contributed by atoms with Gasteiger partial charge in [-0.3, -0.25) is 15.1 Å². The molecular formula is C15H14F2N4O5. The van der Waals surface area contributed by atoms with E-state index in [0.29, 0.717) is 11.3 Å². The molecule has 0 saturated carbocycles. The maximum Gasteiger partial charge on any atom is 0.387 e. The lowest BCUT2D eigenvalue weighted by atomic mass is 10.0. The van der Waals surface area contributed by atoms with Gasteiger partial charge in [-0.2, -0.15) is 8.78 Å². The molecule has 0 saturated heterocycles. The van der Waals surface area contributed by atoms with Gasteiger partial charge >= 0.3 is 6.61 Å². The molecule has 1 aliphatic heterocycles. The average Bonchev–Trinajstić information content (AvgIpc) is 3.24. The first-order chi connectivity index (χ1) is 12.4. The number of ether oxygens (including phenoxy) is 2. The summed E-state index contributed by atoms with van der Waals surface area (Å²) < 4.78 is 39.7. The molecule has 0 bridgehead atoms. The van der Waals surface area contributed by atoms with E-state index in [-0.39, 0.29) is 17.4 Å². The molecule has 1 atom stereocenters. The molecule has 1 amide bonds. The minimum absolute atomic E-state index is 0.0734. The number of nitrogens with two attached hydrogens (primary N) is 1. The van der Waals surface area contributed by atoms with Crippen LogP contribution >= 0.6 is 0 Å². The van der Waals surface area contributed by atoms with Gasteiger partial charge in [-0.1, -0.05) is 0 Å². The molecule has 1 aromatic carbocycles. The van der Waals surface area contributed by atoms with E-state index in [0.717, 1.165) is 0 Å². The number of hydroxylamine groups is 1. The summed E-state index contributed by atoms with van der Waals surface area (Å²) >= 11 is 0. The van der Waals surface area contributed by atoms with Gasteiger partial charge in [0, 0.05) is 5.56 Å². The minimum atomic E-state index is -3.05. The summed E-state index contributed by atoms with van der Waals surface area (Å²) in [6.07, 6.45) is 2.84. The summed E-state index contributed by atoms with van der Waals surface area (Å²) in [5.74, 6) is -0.841. The Morgan fingerprint density at radius 1 is 1.42 bits per heavy atom. The number of benzene rings is 1. The number of primary amides is 1. The summed E-state index contributed by atoms with van der Waals surface area (Å²) in [4.78, 5) is 16.4. The summed E-state index contributed by atoms with van der Waals surface area (Å²) in [5, 5.41) is 7.40. The number of carbonyl (C=O) groups is 1. The zero-order chi connectivity index (χ0) is 18.7. The minimum Gasteiger partial charge on any atom is -0.480 e. The van der Waals surface area contributed by atoms with Crippen LogP contribution in [0.2, 0.25) is 0 Å². The number of carbonyl (C=O) groups excluding carboxylic acids is 1. The Balaban J connectivity index is 1.90. The SMILES string of the molecule is CC1(c2nnco2)C=C(c2ccc(OC(F)F)c(OCC(N)=O)c2)NO1. The van der Waals surface area contributed by atoms with Crippen LogP contribution in [0.25, 0.3) is 5.70 Å². The van der Waals surface area contributed by atoms with E-state index in [2.05, 4.69) is 20.4 Å². The van der Waals surface area contributed by atoms with Crippen molar-refractivity contribution in [2.75, 3.05) is 6.61 Å². The maximum absolute atomic E-state index is 12.5. The van der Waals surface area contributed by atoms with E-state index >= 15 is 0 Å². The number of hydrogen-bond acceptors (Lipinski definition) is 8. The Morgan fingerprint density at radius 3 is 2.88 bits per heavy atom. The van der Waals surface area contributed by atoms with Crippen molar-refractivity contribution in [2.24, 2.45) is 5.73 Å². The molecule has 9 nitrogen and oxygen atoms in total. The molecule has 11 heteroatoms. The third-order valence-corrected chi connectivity index (χ3v) is 3.42. The topological polar surface area (TPSA) is 122 Å². The van der Waals surface area contributed by atoms with Gasteiger partial charge < -0.3 is 19.6 Å². The molecule has 0 spiro atoms. The Bertz CT molecular complexity index is 827. The highest BCUT2D eigenvalue weighted by molar-refractivity contribution is 5.75. The van der Waals surface area contributed by atoms with Crippen molar-refractivity contribution in [1.82, 2.24) is 15.7 Å². The normalized spacial score (nSPS) is 19.2. The van der Waals surface area contributed by atoms with Crippen LogP contribution in [0.15, 0.2) is 35.1 Å². The van der Waals surface area contributed by atoms with Crippen LogP contribution in [-0.2, 0) is 15.2 Å². The number of rotatable bonds is 7. The number of alkyl halides is 2. The van der Waals surface area contributed by atoms with Crippen LogP contribution in [0.1, 0.15) is 18.4 Å². The Morgan fingerprint density at radius 2 is 2.23 bits per heavy atom. The highest BCUT2D eigenvalue weighted by Gasteiger charge is 2.37. The van der Waals surface area contributed by atoms with E-state index in [9.17, 15) is 13.6 Å². The fraction of sp³-hybridized carbons (Fsp3) is 0.267. The van der Waals surface area contributed by atoms with Crippen molar-refractivity contribution in [3.05, 3.63) is 42.1 Å². The first-order valence-corrected chi connectivity index (χ1v) is 7.31. The van der Waals surface area contributed by atoms with Crippen LogP contribution in [0.3, 0.4) is 0 Å². The highest BCUT2D eigenvalue weighted by Crippen LogP contribution is 2.36. The largest absolute Gasteiger partial charge is 0.480 e. The van der Waals surface area contributed by atoms with E-state index in [1.807, 2.05) is 0 Å². The van der Waals surface area contributed by atoms with Crippen molar-refractivity contribution in [3.8, 4) is 11.5 Å². The van der Waals surface area contributed by atoms with Crippen LogP contribution in [0.4, 0.5) is 8.78 Å². The van der Waals surface area contributed by atoms with Crippen molar-refractivity contribution >= 4 is 11.6 Å². The average molecular weight is 368 g/mol. The van der Waals surface area contributed by atoms with Gasteiger partial charge in [0.15, 0.2) is 23.7 Å². The third-order valence-electron chi connectivity index (χ3n) is 3.42. The van der Waals surface area contributed by atoms with Crippen molar-refractivity contribution < 1.29 is 32.3 Å². The number of hydrogen-bond donors (Lipinski definition) is 2. The van der Waals surface area contributed by atoms with Gasteiger partial charge in [-0.25, -0.2) is 0 Å². The monoisotopic (exact) mass is 368 g/mol. The first-order valence-electron chi connectivity index (χ1n) is 7.31. The van der Waals surface area contributed by atoms with E-state index in [1.165, 1.54) is 24.6 Å². The smallest absolute Gasteiger partial charge is 0.387 e. The molecule has 0 aliphatic carbocycles. The molecule has 3 rings (SSSR count). The fourth-order valence-electron chi connectivity index (χ4n) is 2.26. The number of nitrogens with zero attached hydrogens (tertiary/aromatic N) is 2. The van der Waals surface area contributed by atoms with Gasteiger partial charge in [0.05, 0.1) is 5.70 Å². The standard InChI is InChI=1S/C15H14F2N4O5/c1-15(13-20-19-7-24-13)5-9(21-26-15)8-2-3-10(25-14(16)17)11(4-8)23-6-12(18)22/h2-5,7,14,21H,6H2,1H3,(H2,18,22). The first kappa shape index (κ1) is 17.6. The van der Waals surface area contributed by atoms with Crippen molar-refractivity contribution in [1.29, 1.82) is 0 Å². The second kappa shape index (κ2) is 6.96. The summed E-state index contributed by atoms with van der Waals surface area (Å²) in [6.45, 7) is -1.85. The zero-order valence-corrected chi connectivity index (χ0v) is 13.4. The van der Waals surface area contributed by atoms with Crippen LogP contribution in [0.5, 0.6) is 11.5 Å². The number of nitrogens with one attached hydrogen (secondary N) is 1. The number of halogens is 2. The van der Waals surface area contributed by atoms with E-state index in [1.54, 1.807) is 13.0 Å². The predicted molar refractivity (Wildman–Crippen MR) is 81.6 cm³/mol. The van der Waals surface area contributed by atoms with E-state index in [4.69, 9.17) is 19.7 Å². The van der Waals surface area contributed by atoms with E-state index < -0.39 is 24.7 Å². The molecule has 1 aromatic heterocycles. The molecule has 2 heterocycles. The highest BCUT2D eigenvalue weighted by atomic mass is 19.3. The molecule has 2 aromatic rings. The van der Waals surface area contributed by atoms with Crippen LogP contribution in [0, 0.1) is 0 Å². The third kappa shape index (κ3) is 3.72. The van der Waals surface area contributed by atoms with Crippen molar-refractivity contribution in [3.63, 3.8) is 0 Å². The van der Waals surface area contributed by atoms with Crippen LogP contribution < -0.4 is 20.7 Å². The van der Waals surface area contributed by atoms with Crippen molar-refractivity contribution in [2.45, 2.75) is 19.1 Å². The Kier molecular flexibility index (Phi) is 4.71. The second-order valence-electron chi connectivity index (χ2n) is 5.41. The fourth-order valence-corrected chi connectivity index (χ4v) is 2.26. The summed E-state index contributed by atoms with van der Waals surface area (Å²) in [5.41, 5.74) is 7.73. The summed E-state index contributed by atoms with van der Waals surface area (Å²) in [6, 6.07) is 4.20. The lowest BCUT2D eigenvalue weighted by Gasteiger charge is -2.14. The second-order valence-corrected chi connectivity index (χ2v) is 5.41. The number of amides is 1. The lowest BCUT2D eigenvalue weighted by Crippen LogP contribution is -2.23. The van der Waals surface area contributed by atoms with Gasteiger partial charge in [0.1, 0.15) is 0 Å². The lowest BCUT2D eigenvalue weighted by molar-refractivity contribution is -0.120. The predicted octanol–water partition coefficient (Wildman–Crippen LogP) is 1.33. The molecule has 1 aliphatic rings. The zero-order valence-electron chi connectivity index (χ0n) is 13.4. The quantitative estimate of drug-likeness (QED) is 0.751. The van der Waals surface area contributed by atoms with Gasteiger partial charge in [0.25, 0.3) is 11.8 Å². The maximum atomic E-state index is 12.5. The molecule has 0 fully saturated rings. The molecule has 138 valence electrons. The molecule has 26 heavy (non-hydrogen) atoms. The number of aromatic nitrogens is 2. The summed E-state index contributed by atoms with van der Waals surface area (Å²) in [7, 11) is 0. The van der Waals surface area contributed by atoms with Gasteiger partial charge in [-0.15, -0.1) is 10.2 Å². The molecular weight excluding hydrogens is 354 g/mol.